The third-order valence-corrected chi connectivity index (χ3v) is 4.35. The number of halogens is 1. The van der Waals surface area contributed by atoms with Crippen LogP contribution >= 0.6 is 15.9 Å². The first-order valence-electron chi connectivity index (χ1n) is 7.95. The largest absolute Gasteiger partial charge is 0.325 e. The average molecular weight is 400 g/mol. The zero-order valence-corrected chi connectivity index (χ0v) is 15.5. The molecule has 0 spiro atoms. The summed E-state index contributed by atoms with van der Waals surface area (Å²) >= 11 is 3.42. The molecule has 0 aliphatic carbocycles. The van der Waals surface area contributed by atoms with Gasteiger partial charge < -0.3 is 5.32 Å². The number of benzene rings is 2. The van der Waals surface area contributed by atoms with Gasteiger partial charge in [0.1, 0.15) is 0 Å². The monoisotopic (exact) mass is 399 g/mol. The zero-order chi connectivity index (χ0) is 17.8. The van der Waals surface area contributed by atoms with Gasteiger partial charge in [-0.15, -0.1) is 10.2 Å². The molecule has 7 heteroatoms. The van der Waals surface area contributed by atoms with Crippen LogP contribution in [0.15, 0.2) is 46.9 Å². The molecule has 2 aromatic carbocycles. The van der Waals surface area contributed by atoms with E-state index in [1.54, 1.807) is 0 Å². The fourth-order valence-electron chi connectivity index (χ4n) is 2.49. The maximum atomic E-state index is 12.4. The molecule has 0 bridgehead atoms. The third kappa shape index (κ3) is 4.30. The minimum Gasteiger partial charge on any atom is -0.325 e. The van der Waals surface area contributed by atoms with Crippen LogP contribution in [0.2, 0.25) is 0 Å². The number of hydrogen-bond donors (Lipinski definition) is 2. The van der Waals surface area contributed by atoms with Gasteiger partial charge in [-0.05, 0) is 40.5 Å². The van der Waals surface area contributed by atoms with Crippen molar-refractivity contribution in [2.75, 3.05) is 5.32 Å². The molecule has 2 N–H and O–H groups in total. The van der Waals surface area contributed by atoms with Gasteiger partial charge in [0.25, 0.3) is 0 Å². The summed E-state index contributed by atoms with van der Waals surface area (Å²) in [5.74, 6) is 0.811. The normalized spacial score (nSPS) is 10.9. The molecule has 128 valence electrons. The third-order valence-electron chi connectivity index (χ3n) is 3.85. The Balaban J connectivity index is 1.75. The maximum Gasteiger partial charge on any atom is 0.228 e. The van der Waals surface area contributed by atoms with Crippen molar-refractivity contribution in [1.82, 2.24) is 20.6 Å². The standard InChI is InChI=1S/C18H18BrN5O/c1-11(2)13-5-3-12(4-6-13)9-17(25)20-16-8-7-14(19)10-15(16)18-21-23-24-22-18/h3-8,10-11H,9H2,1-2H3,(H,20,25)(H,21,22,23,24). The molecule has 6 nitrogen and oxygen atoms in total. The van der Waals surface area contributed by atoms with Gasteiger partial charge in [0.2, 0.25) is 11.7 Å². The molecule has 0 aliphatic heterocycles. The fraction of sp³-hybridized carbons (Fsp3) is 0.222. The number of aromatic amines is 1. The Hall–Kier alpha value is -2.54. The van der Waals surface area contributed by atoms with Crippen LogP contribution in [0.5, 0.6) is 0 Å². The van der Waals surface area contributed by atoms with Crippen LogP contribution in [0.1, 0.15) is 30.9 Å². The highest BCUT2D eigenvalue weighted by atomic mass is 79.9. The Morgan fingerprint density at radius 3 is 2.60 bits per heavy atom. The molecular weight excluding hydrogens is 382 g/mol. The van der Waals surface area contributed by atoms with Gasteiger partial charge in [0.15, 0.2) is 0 Å². The van der Waals surface area contributed by atoms with Crippen molar-refractivity contribution in [1.29, 1.82) is 0 Å². The van der Waals surface area contributed by atoms with Crippen molar-refractivity contribution in [2.45, 2.75) is 26.2 Å². The number of rotatable bonds is 5. The van der Waals surface area contributed by atoms with Crippen LogP contribution in [-0.4, -0.2) is 26.5 Å². The molecule has 1 heterocycles. The molecule has 0 atom stereocenters. The van der Waals surface area contributed by atoms with Crippen molar-refractivity contribution in [2.24, 2.45) is 0 Å². The number of H-pyrrole nitrogens is 1. The zero-order valence-electron chi connectivity index (χ0n) is 14.0. The summed E-state index contributed by atoms with van der Waals surface area (Å²) < 4.78 is 0.870. The van der Waals surface area contributed by atoms with Crippen molar-refractivity contribution in [3.63, 3.8) is 0 Å². The first-order valence-corrected chi connectivity index (χ1v) is 8.74. The lowest BCUT2D eigenvalue weighted by Crippen LogP contribution is -2.15. The second-order valence-electron chi connectivity index (χ2n) is 6.05. The van der Waals surface area contributed by atoms with Gasteiger partial charge in [-0.2, -0.15) is 5.21 Å². The van der Waals surface area contributed by atoms with Crippen LogP contribution in [0.3, 0.4) is 0 Å². The lowest BCUT2D eigenvalue weighted by Gasteiger charge is -2.10. The lowest BCUT2D eigenvalue weighted by molar-refractivity contribution is -0.115. The first kappa shape index (κ1) is 17.3. The second kappa shape index (κ2) is 7.57. The van der Waals surface area contributed by atoms with Gasteiger partial charge in [0.05, 0.1) is 12.1 Å². The van der Waals surface area contributed by atoms with Crippen LogP contribution in [0.4, 0.5) is 5.69 Å². The Kier molecular flexibility index (Phi) is 5.23. The van der Waals surface area contributed by atoms with E-state index in [0.29, 0.717) is 29.4 Å². The molecule has 3 aromatic rings. The maximum absolute atomic E-state index is 12.4. The van der Waals surface area contributed by atoms with Gasteiger partial charge in [-0.3, -0.25) is 4.79 Å². The van der Waals surface area contributed by atoms with E-state index in [9.17, 15) is 4.79 Å². The molecule has 0 saturated heterocycles. The van der Waals surface area contributed by atoms with E-state index < -0.39 is 0 Å². The van der Waals surface area contributed by atoms with E-state index in [4.69, 9.17) is 0 Å². The summed E-state index contributed by atoms with van der Waals surface area (Å²) in [6.07, 6.45) is 0.306. The minimum atomic E-state index is -0.0932. The molecule has 1 amide bonds. The Bertz CT molecular complexity index is 860. The van der Waals surface area contributed by atoms with Gasteiger partial charge in [-0.1, -0.05) is 54.0 Å². The van der Waals surface area contributed by atoms with Gasteiger partial charge in [0, 0.05) is 10.0 Å². The topological polar surface area (TPSA) is 83.6 Å². The molecular formula is C18H18BrN5O. The number of nitrogens with zero attached hydrogens (tertiary/aromatic N) is 3. The highest BCUT2D eigenvalue weighted by molar-refractivity contribution is 9.10. The molecule has 0 fully saturated rings. The predicted molar refractivity (Wildman–Crippen MR) is 100 cm³/mol. The lowest BCUT2D eigenvalue weighted by atomic mass is 10.0. The Morgan fingerprint density at radius 2 is 1.96 bits per heavy atom. The molecule has 3 rings (SSSR count). The summed E-state index contributed by atoms with van der Waals surface area (Å²) in [7, 11) is 0. The summed E-state index contributed by atoms with van der Waals surface area (Å²) in [5.41, 5.74) is 3.58. The van der Waals surface area contributed by atoms with E-state index in [0.717, 1.165) is 10.0 Å². The molecule has 0 aliphatic rings. The van der Waals surface area contributed by atoms with Crippen molar-refractivity contribution in [3.05, 3.63) is 58.1 Å². The quantitative estimate of drug-likeness (QED) is 0.680. The van der Waals surface area contributed by atoms with Gasteiger partial charge >= 0.3 is 0 Å². The van der Waals surface area contributed by atoms with Crippen LogP contribution in [0, 0.1) is 0 Å². The van der Waals surface area contributed by atoms with Gasteiger partial charge in [-0.25, -0.2) is 0 Å². The number of hydrogen-bond acceptors (Lipinski definition) is 4. The number of aromatic nitrogens is 4. The summed E-state index contributed by atoms with van der Waals surface area (Å²) in [6, 6.07) is 13.6. The minimum absolute atomic E-state index is 0.0932. The Morgan fingerprint density at radius 1 is 1.20 bits per heavy atom. The van der Waals surface area contributed by atoms with Crippen molar-refractivity contribution >= 4 is 27.5 Å². The summed E-state index contributed by atoms with van der Waals surface area (Å²) in [6.45, 7) is 4.30. The van der Waals surface area contributed by atoms with Crippen molar-refractivity contribution in [3.8, 4) is 11.4 Å². The summed E-state index contributed by atoms with van der Waals surface area (Å²) in [5, 5.41) is 16.9. The fourth-order valence-corrected chi connectivity index (χ4v) is 2.85. The number of anilines is 1. The SMILES string of the molecule is CC(C)c1ccc(CC(=O)Nc2ccc(Br)cc2-c2nn[nH]n2)cc1. The second-order valence-corrected chi connectivity index (χ2v) is 6.96. The van der Waals surface area contributed by atoms with Crippen molar-refractivity contribution < 1.29 is 4.79 Å². The van der Waals surface area contributed by atoms with E-state index in [2.05, 4.69) is 67.9 Å². The molecule has 25 heavy (non-hydrogen) atoms. The first-order chi connectivity index (χ1) is 12.0. The number of carbonyl (C=O) groups excluding carboxylic acids is 1. The van der Waals surface area contributed by atoms with E-state index in [1.807, 2.05) is 30.3 Å². The molecule has 1 aromatic heterocycles. The Labute approximate surface area is 154 Å². The van der Waals surface area contributed by atoms with Crippen LogP contribution < -0.4 is 5.32 Å². The average Bonchev–Trinajstić information content (AvgIpc) is 3.11. The predicted octanol–water partition coefficient (Wildman–Crippen LogP) is 3.93. The number of amides is 1. The van der Waals surface area contributed by atoms with E-state index >= 15 is 0 Å². The highest BCUT2D eigenvalue weighted by Gasteiger charge is 2.13. The van der Waals surface area contributed by atoms with E-state index in [-0.39, 0.29) is 5.91 Å². The number of nitrogens with one attached hydrogen (secondary N) is 2. The molecule has 0 radical (unpaired) electrons. The number of tetrazole rings is 1. The molecule has 0 saturated carbocycles. The van der Waals surface area contributed by atoms with E-state index in [1.165, 1.54) is 5.56 Å². The summed E-state index contributed by atoms with van der Waals surface area (Å²) in [4.78, 5) is 12.4. The molecule has 0 unspecified atom stereocenters. The van der Waals surface area contributed by atoms with Crippen LogP contribution in [-0.2, 0) is 11.2 Å². The highest BCUT2D eigenvalue weighted by Crippen LogP contribution is 2.28. The smallest absolute Gasteiger partial charge is 0.228 e. The number of carbonyl (C=O) groups is 1. The van der Waals surface area contributed by atoms with Crippen LogP contribution in [0.25, 0.3) is 11.4 Å².